The van der Waals surface area contributed by atoms with Gasteiger partial charge in [0.1, 0.15) is 5.75 Å². The summed E-state index contributed by atoms with van der Waals surface area (Å²) in [5.41, 5.74) is -0.115. The standard InChI is InChI=1S/C11H12O6/c1-15-6-4-7(9(12)11(13)14)10(17-3)8(5-6)16-2/h4-5H,1-3H3,(H,13,14). The Kier molecular flexibility index (Phi) is 3.92. The van der Waals surface area contributed by atoms with Gasteiger partial charge in [-0.2, -0.15) is 0 Å². The van der Waals surface area contributed by atoms with Gasteiger partial charge in [0.2, 0.25) is 0 Å². The Bertz CT molecular complexity index is 452. The van der Waals surface area contributed by atoms with Crippen molar-refractivity contribution in [2.24, 2.45) is 0 Å². The van der Waals surface area contributed by atoms with Gasteiger partial charge in [-0.05, 0) is 6.07 Å². The second-order valence-corrected chi connectivity index (χ2v) is 3.04. The molecule has 1 N–H and O–H groups in total. The summed E-state index contributed by atoms with van der Waals surface area (Å²) >= 11 is 0. The van der Waals surface area contributed by atoms with Crippen molar-refractivity contribution in [3.63, 3.8) is 0 Å². The first kappa shape index (κ1) is 12.8. The molecule has 0 amide bonds. The fourth-order valence-corrected chi connectivity index (χ4v) is 1.34. The van der Waals surface area contributed by atoms with E-state index in [1.807, 2.05) is 0 Å². The monoisotopic (exact) mass is 240 g/mol. The summed E-state index contributed by atoms with van der Waals surface area (Å²) in [5.74, 6) is -2.04. The van der Waals surface area contributed by atoms with Crippen LogP contribution >= 0.6 is 0 Å². The molecule has 1 aromatic rings. The molecule has 0 aromatic heterocycles. The molecule has 0 bridgehead atoms. The molecule has 6 nitrogen and oxygen atoms in total. The Morgan fingerprint density at radius 2 is 1.71 bits per heavy atom. The van der Waals surface area contributed by atoms with E-state index in [4.69, 9.17) is 19.3 Å². The Labute approximate surface area is 97.7 Å². The third kappa shape index (κ3) is 2.47. The molecule has 0 spiro atoms. The average Bonchev–Trinajstić information content (AvgIpc) is 2.35. The molecular weight excluding hydrogens is 228 g/mol. The summed E-state index contributed by atoms with van der Waals surface area (Å²) in [7, 11) is 4.10. The van der Waals surface area contributed by atoms with E-state index < -0.39 is 11.8 Å². The molecule has 92 valence electrons. The molecule has 0 unspecified atom stereocenters. The lowest BCUT2D eigenvalue weighted by atomic mass is 10.1. The van der Waals surface area contributed by atoms with Crippen molar-refractivity contribution in [2.45, 2.75) is 0 Å². The van der Waals surface area contributed by atoms with Crippen LogP contribution in [-0.4, -0.2) is 38.2 Å². The molecule has 1 aromatic carbocycles. The molecule has 0 saturated heterocycles. The van der Waals surface area contributed by atoms with Crippen molar-refractivity contribution >= 4 is 11.8 Å². The van der Waals surface area contributed by atoms with Crippen LogP contribution in [0.2, 0.25) is 0 Å². The lowest BCUT2D eigenvalue weighted by Gasteiger charge is -2.12. The van der Waals surface area contributed by atoms with E-state index in [0.717, 1.165) is 0 Å². The SMILES string of the molecule is COc1cc(OC)c(OC)c(C(=O)C(=O)O)c1. The number of carbonyl (C=O) groups excluding carboxylic acids is 1. The van der Waals surface area contributed by atoms with E-state index in [-0.39, 0.29) is 17.1 Å². The quantitative estimate of drug-likeness (QED) is 0.610. The fourth-order valence-electron chi connectivity index (χ4n) is 1.34. The first-order valence-electron chi connectivity index (χ1n) is 4.62. The number of rotatable bonds is 5. The van der Waals surface area contributed by atoms with Crippen molar-refractivity contribution in [2.75, 3.05) is 21.3 Å². The van der Waals surface area contributed by atoms with E-state index >= 15 is 0 Å². The van der Waals surface area contributed by atoms with E-state index in [1.54, 1.807) is 0 Å². The summed E-state index contributed by atoms with van der Waals surface area (Å²) < 4.78 is 14.9. The lowest BCUT2D eigenvalue weighted by Crippen LogP contribution is -2.14. The Hall–Kier alpha value is -2.24. The van der Waals surface area contributed by atoms with Crippen molar-refractivity contribution < 1.29 is 28.9 Å². The summed E-state index contributed by atoms with van der Waals surface area (Å²) in [5, 5.41) is 8.70. The van der Waals surface area contributed by atoms with E-state index in [9.17, 15) is 9.59 Å². The molecule has 0 aliphatic heterocycles. The number of methoxy groups -OCH3 is 3. The maximum Gasteiger partial charge on any atom is 0.377 e. The van der Waals surface area contributed by atoms with Gasteiger partial charge in [-0.1, -0.05) is 0 Å². The molecule has 0 saturated carbocycles. The largest absolute Gasteiger partial charge is 0.497 e. The van der Waals surface area contributed by atoms with Crippen LogP contribution in [-0.2, 0) is 4.79 Å². The fraction of sp³-hybridized carbons (Fsp3) is 0.273. The van der Waals surface area contributed by atoms with Crippen molar-refractivity contribution in [1.82, 2.24) is 0 Å². The lowest BCUT2D eigenvalue weighted by molar-refractivity contribution is -0.131. The highest BCUT2D eigenvalue weighted by Crippen LogP contribution is 2.35. The maximum atomic E-state index is 11.5. The normalized spacial score (nSPS) is 9.59. The van der Waals surface area contributed by atoms with Gasteiger partial charge in [0, 0.05) is 6.07 Å². The minimum absolute atomic E-state index is 0.0701. The number of ketones is 1. The predicted molar refractivity (Wildman–Crippen MR) is 58.1 cm³/mol. The number of ether oxygens (including phenoxy) is 3. The van der Waals surface area contributed by atoms with Gasteiger partial charge in [-0.15, -0.1) is 0 Å². The zero-order valence-corrected chi connectivity index (χ0v) is 9.64. The van der Waals surface area contributed by atoms with Crippen LogP contribution in [0.5, 0.6) is 17.2 Å². The smallest absolute Gasteiger partial charge is 0.377 e. The molecule has 0 radical (unpaired) electrons. The van der Waals surface area contributed by atoms with Crippen LogP contribution in [0.3, 0.4) is 0 Å². The highest BCUT2D eigenvalue weighted by atomic mass is 16.5. The highest BCUT2D eigenvalue weighted by Gasteiger charge is 2.23. The number of benzene rings is 1. The Morgan fingerprint density at radius 1 is 1.06 bits per heavy atom. The summed E-state index contributed by atoms with van der Waals surface area (Å²) in [6.45, 7) is 0. The number of hydrogen-bond donors (Lipinski definition) is 1. The van der Waals surface area contributed by atoms with Crippen LogP contribution in [0.25, 0.3) is 0 Å². The summed E-state index contributed by atoms with van der Waals surface area (Å²) in [4.78, 5) is 22.2. The average molecular weight is 240 g/mol. The van der Waals surface area contributed by atoms with Gasteiger partial charge in [-0.3, -0.25) is 4.79 Å². The molecule has 0 aliphatic rings. The van der Waals surface area contributed by atoms with E-state index in [0.29, 0.717) is 5.75 Å². The van der Waals surface area contributed by atoms with Gasteiger partial charge < -0.3 is 19.3 Å². The first-order chi connectivity index (χ1) is 8.04. The zero-order valence-electron chi connectivity index (χ0n) is 9.64. The van der Waals surface area contributed by atoms with Gasteiger partial charge in [0.05, 0.1) is 26.9 Å². The second-order valence-electron chi connectivity index (χ2n) is 3.04. The molecule has 0 aliphatic carbocycles. The molecule has 0 fully saturated rings. The van der Waals surface area contributed by atoms with Crippen LogP contribution in [0.4, 0.5) is 0 Å². The Balaban J connectivity index is 3.44. The van der Waals surface area contributed by atoms with Gasteiger partial charge >= 0.3 is 5.97 Å². The molecule has 6 heteroatoms. The van der Waals surface area contributed by atoms with Crippen molar-refractivity contribution in [3.05, 3.63) is 17.7 Å². The van der Waals surface area contributed by atoms with Crippen molar-refractivity contribution in [3.8, 4) is 17.2 Å². The van der Waals surface area contributed by atoms with Crippen LogP contribution in [0, 0.1) is 0 Å². The Morgan fingerprint density at radius 3 is 2.12 bits per heavy atom. The topological polar surface area (TPSA) is 82.1 Å². The molecule has 0 heterocycles. The highest BCUT2D eigenvalue weighted by molar-refractivity contribution is 6.40. The molecule has 17 heavy (non-hydrogen) atoms. The first-order valence-corrected chi connectivity index (χ1v) is 4.62. The van der Waals surface area contributed by atoms with E-state index in [1.165, 1.54) is 33.5 Å². The van der Waals surface area contributed by atoms with E-state index in [2.05, 4.69) is 0 Å². The number of Topliss-reactive ketones (excluding diaryl/α,β-unsaturated/α-hetero) is 1. The number of carbonyl (C=O) groups is 2. The summed E-state index contributed by atoms with van der Waals surface area (Å²) in [6, 6.07) is 2.79. The van der Waals surface area contributed by atoms with Crippen LogP contribution in [0.1, 0.15) is 10.4 Å². The second kappa shape index (κ2) is 5.20. The van der Waals surface area contributed by atoms with Crippen molar-refractivity contribution in [1.29, 1.82) is 0 Å². The number of carboxylic acids is 1. The molecule has 0 atom stereocenters. The van der Waals surface area contributed by atoms with Gasteiger partial charge in [-0.25, -0.2) is 4.79 Å². The maximum absolute atomic E-state index is 11.5. The third-order valence-electron chi connectivity index (χ3n) is 2.13. The number of hydrogen-bond acceptors (Lipinski definition) is 5. The zero-order chi connectivity index (χ0) is 13.0. The minimum atomic E-state index is -1.57. The molecular formula is C11H12O6. The summed E-state index contributed by atoms with van der Waals surface area (Å²) in [6.07, 6.45) is 0. The number of carboxylic acid groups (broad SMARTS) is 1. The molecule has 1 rings (SSSR count). The third-order valence-corrected chi connectivity index (χ3v) is 2.13. The van der Waals surface area contributed by atoms with Gasteiger partial charge in [0.25, 0.3) is 5.78 Å². The van der Waals surface area contributed by atoms with Crippen LogP contribution in [0.15, 0.2) is 12.1 Å². The predicted octanol–water partition coefficient (Wildman–Crippen LogP) is 0.980. The minimum Gasteiger partial charge on any atom is -0.497 e. The van der Waals surface area contributed by atoms with Crippen LogP contribution < -0.4 is 14.2 Å². The van der Waals surface area contributed by atoms with Gasteiger partial charge in [0.15, 0.2) is 11.5 Å². The number of aliphatic carboxylic acids is 1.